The van der Waals surface area contributed by atoms with Gasteiger partial charge in [0.25, 0.3) is 0 Å². The molecule has 1 fully saturated rings. The molecule has 1 rings (SSSR count). The van der Waals surface area contributed by atoms with Crippen molar-refractivity contribution < 1.29 is 0 Å². The van der Waals surface area contributed by atoms with Gasteiger partial charge in [0.15, 0.2) is 0 Å². The van der Waals surface area contributed by atoms with Crippen LogP contribution in [-0.4, -0.2) is 0 Å². The highest BCUT2D eigenvalue weighted by Gasteiger charge is 2.41. The van der Waals surface area contributed by atoms with Crippen LogP contribution < -0.4 is 0 Å². The Hall–Kier alpha value is -0.260. The number of rotatable bonds is 7. The first-order chi connectivity index (χ1) is 8.90. The van der Waals surface area contributed by atoms with Gasteiger partial charge in [-0.1, -0.05) is 59.0 Å². The summed E-state index contributed by atoms with van der Waals surface area (Å²) in [7, 11) is 0. The molecule has 1 aliphatic carbocycles. The second-order valence-corrected chi connectivity index (χ2v) is 7.69. The van der Waals surface area contributed by atoms with Crippen LogP contribution in [0.2, 0.25) is 0 Å². The Bertz CT molecular complexity index is 276. The van der Waals surface area contributed by atoms with Crippen molar-refractivity contribution in [2.24, 2.45) is 23.2 Å². The molecule has 0 heteroatoms. The van der Waals surface area contributed by atoms with Gasteiger partial charge in [-0.3, -0.25) is 0 Å². The van der Waals surface area contributed by atoms with Gasteiger partial charge in [0, 0.05) is 0 Å². The first kappa shape index (κ1) is 16.8. The Morgan fingerprint density at radius 1 is 1.26 bits per heavy atom. The SMILES string of the molecule is C=C(C)CC1CCCCC1(C)C(CC)CCC(C)C. The van der Waals surface area contributed by atoms with E-state index in [0.717, 1.165) is 17.8 Å². The van der Waals surface area contributed by atoms with Crippen molar-refractivity contribution in [1.29, 1.82) is 0 Å². The highest BCUT2D eigenvalue weighted by molar-refractivity contribution is 4.99. The second-order valence-electron chi connectivity index (χ2n) is 7.69. The van der Waals surface area contributed by atoms with Crippen molar-refractivity contribution >= 4 is 0 Å². The Morgan fingerprint density at radius 3 is 2.47 bits per heavy atom. The molecule has 0 aromatic rings. The highest BCUT2D eigenvalue weighted by Crippen LogP contribution is 2.51. The van der Waals surface area contributed by atoms with Crippen LogP contribution in [0, 0.1) is 23.2 Å². The van der Waals surface area contributed by atoms with Crippen molar-refractivity contribution in [2.75, 3.05) is 0 Å². The van der Waals surface area contributed by atoms with E-state index >= 15 is 0 Å². The quantitative estimate of drug-likeness (QED) is 0.454. The third-order valence-corrected chi connectivity index (χ3v) is 5.56. The van der Waals surface area contributed by atoms with Crippen LogP contribution in [0.5, 0.6) is 0 Å². The van der Waals surface area contributed by atoms with E-state index in [1.807, 2.05) is 0 Å². The van der Waals surface area contributed by atoms with Crippen LogP contribution in [0.25, 0.3) is 0 Å². The monoisotopic (exact) mass is 264 g/mol. The van der Waals surface area contributed by atoms with E-state index in [-0.39, 0.29) is 0 Å². The van der Waals surface area contributed by atoms with Gasteiger partial charge in [0.1, 0.15) is 0 Å². The molecule has 0 amide bonds. The topological polar surface area (TPSA) is 0 Å². The molecule has 1 aliphatic rings. The van der Waals surface area contributed by atoms with Gasteiger partial charge >= 0.3 is 0 Å². The minimum Gasteiger partial charge on any atom is -0.100 e. The second kappa shape index (κ2) is 7.50. The standard InChI is InChI=1S/C19H36/c1-7-17(12-11-15(2)3)19(6)13-9-8-10-18(19)14-16(4)5/h15,17-18H,4,7-14H2,1-3,5-6H3. The van der Waals surface area contributed by atoms with E-state index in [2.05, 4.69) is 41.2 Å². The zero-order valence-corrected chi connectivity index (χ0v) is 14.1. The molecule has 0 heterocycles. The highest BCUT2D eigenvalue weighted by atomic mass is 14.5. The van der Waals surface area contributed by atoms with Crippen molar-refractivity contribution in [2.45, 2.75) is 86.0 Å². The van der Waals surface area contributed by atoms with Gasteiger partial charge in [-0.15, -0.1) is 6.58 Å². The Morgan fingerprint density at radius 2 is 1.95 bits per heavy atom. The fraction of sp³-hybridized carbons (Fsp3) is 0.895. The summed E-state index contributed by atoms with van der Waals surface area (Å²) in [6.07, 6.45) is 11.2. The molecule has 112 valence electrons. The molecule has 0 aliphatic heterocycles. The lowest BCUT2D eigenvalue weighted by atomic mass is 9.57. The minimum absolute atomic E-state index is 0.570. The van der Waals surface area contributed by atoms with Gasteiger partial charge in [0.2, 0.25) is 0 Å². The first-order valence-electron chi connectivity index (χ1n) is 8.54. The van der Waals surface area contributed by atoms with Gasteiger partial charge in [-0.05, 0) is 55.8 Å². The van der Waals surface area contributed by atoms with Crippen molar-refractivity contribution in [3.8, 4) is 0 Å². The van der Waals surface area contributed by atoms with Gasteiger partial charge in [0.05, 0.1) is 0 Å². The van der Waals surface area contributed by atoms with Crippen LogP contribution >= 0.6 is 0 Å². The summed E-state index contributed by atoms with van der Waals surface area (Å²) in [4.78, 5) is 0. The van der Waals surface area contributed by atoms with Gasteiger partial charge < -0.3 is 0 Å². The predicted molar refractivity (Wildman–Crippen MR) is 87.3 cm³/mol. The molecule has 0 N–H and O–H groups in total. The fourth-order valence-electron chi connectivity index (χ4n) is 4.26. The van der Waals surface area contributed by atoms with Crippen LogP contribution in [0.3, 0.4) is 0 Å². The van der Waals surface area contributed by atoms with E-state index < -0.39 is 0 Å². The molecule has 0 aromatic carbocycles. The normalized spacial score (nSPS) is 29.5. The van der Waals surface area contributed by atoms with Gasteiger partial charge in [-0.25, -0.2) is 0 Å². The summed E-state index contributed by atoms with van der Waals surface area (Å²) in [5.41, 5.74) is 1.96. The number of allylic oxidation sites excluding steroid dienone is 1. The molecule has 0 bridgehead atoms. The summed E-state index contributed by atoms with van der Waals surface area (Å²) >= 11 is 0. The Kier molecular flexibility index (Phi) is 6.63. The molecule has 0 aromatic heterocycles. The lowest BCUT2D eigenvalue weighted by Crippen LogP contribution is -2.38. The summed E-state index contributed by atoms with van der Waals surface area (Å²) < 4.78 is 0. The summed E-state index contributed by atoms with van der Waals surface area (Å²) in [5.74, 6) is 2.65. The molecular weight excluding hydrogens is 228 g/mol. The molecule has 0 spiro atoms. The van der Waals surface area contributed by atoms with Crippen LogP contribution in [0.4, 0.5) is 0 Å². The summed E-state index contributed by atoms with van der Waals surface area (Å²) in [6, 6.07) is 0. The molecule has 0 saturated heterocycles. The zero-order valence-electron chi connectivity index (χ0n) is 14.1. The Labute approximate surface area is 122 Å². The maximum absolute atomic E-state index is 4.17. The van der Waals surface area contributed by atoms with E-state index in [0.29, 0.717) is 5.41 Å². The lowest BCUT2D eigenvalue weighted by Gasteiger charge is -2.47. The molecule has 1 saturated carbocycles. The van der Waals surface area contributed by atoms with Crippen LogP contribution in [-0.2, 0) is 0 Å². The molecule has 3 unspecified atom stereocenters. The van der Waals surface area contributed by atoms with Crippen LogP contribution in [0.1, 0.15) is 86.0 Å². The predicted octanol–water partition coefficient (Wildman–Crippen LogP) is 6.61. The third-order valence-electron chi connectivity index (χ3n) is 5.56. The van der Waals surface area contributed by atoms with Crippen molar-refractivity contribution in [3.05, 3.63) is 12.2 Å². The maximum Gasteiger partial charge on any atom is -0.0266 e. The molecule has 0 radical (unpaired) electrons. The first-order valence-corrected chi connectivity index (χ1v) is 8.54. The fourth-order valence-corrected chi connectivity index (χ4v) is 4.26. The van der Waals surface area contributed by atoms with E-state index in [1.54, 1.807) is 0 Å². The van der Waals surface area contributed by atoms with E-state index in [9.17, 15) is 0 Å². The molecule has 0 nitrogen and oxygen atoms in total. The zero-order chi connectivity index (χ0) is 14.5. The Balaban J connectivity index is 2.77. The molecular formula is C19H36. The largest absolute Gasteiger partial charge is 0.100 e. The van der Waals surface area contributed by atoms with Gasteiger partial charge in [-0.2, -0.15) is 0 Å². The summed E-state index contributed by atoms with van der Waals surface area (Å²) in [5, 5.41) is 0. The average Bonchev–Trinajstić information content (AvgIpc) is 2.32. The van der Waals surface area contributed by atoms with E-state index in [1.165, 1.54) is 56.9 Å². The van der Waals surface area contributed by atoms with Crippen molar-refractivity contribution in [1.82, 2.24) is 0 Å². The number of hydrogen-bond donors (Lipinski definition) is 0. The number of hydrogen-bond acceptors (Lipinski definition) is 0. The van der Waals surface area contributed by atoms with E-state index in [4.69, 9.17) is 0 Å². The molecule has 19 heavy (non-hydrogen) atoms. The van der Waals surface area contributed by atoms with Crippen molar-refractivity contribution in [3.63, 3.8) is 0 Å². The summed E-state index contributed by atoms with van der Waals surface area (Å²) in [6.45, 7) is 16.1. The molecule has 3 atom stereocenters. The lowest BCUT2D eigenvalue weighted by molar-refractivity contribution is 0.0330. The average molecular weight is 264 g/mol. The minimum atomic E-state index is 0.570. The third kappa shape index (κ3) is 4.65. The van der Waals surface area contributed by atoms with Crippen LogP contribution in [0.15, 0.2) is 12.2 Å². The maximum atomic E-state index is 4.17. The smallest absolute Gasteiger partial charge is 0.0266 e.